The zero-order valence-corrected chi connectivity index (χ0v) is 24.1. The zero-order valence-electron chi connectivity index (χ0n) is 24.1. The number of carbonyl (C=O) groups is 1. The van der Waals surface area contributed by atoms with Crippen LogP contribution < -0.4 is 5.73 Å². The molecule has 0 aliphatic carbocycles. The van der Waals surface area contributed by atoms with Crippen LogP contribution in [0, 0.1) is 0 Å². The number of carbonyl (C=O) groups excluding carboxylic acids is 1. The topological polar surface area (TPSA) is 61.9 Å². The van der Waals surface area contributed by atoms with Gasteiger partial charge in [-0.1, -0.05) is 56.7 Å². The molecule has 1 amide bonds. The molecule has 2 rings (SSSR count). The summed E-state index contributed by atoms with van der Waals surface area (Å²) >= 11 is 0. The Morgan fingerprint density at radius 1 is 1.14 bits per heavy atom. The number of aliphatic imine (C=N–C) groups is 1. The number of hydrogen-bond donors (Lipinski definition) is 1. The minimum Gasteiger partial charge on any atom is -0.387 e. The quantitative estimate of drug-likeness (QED) is 0.302. The van der Waals surface area contributed by atoms with Gasteiger partial charge in [0.15, 0.2) is 0 Å². The molecule has 2 aliphatic heterocycles. The van der Waals surface area contributed by atoms with Crippen LogP contribution in [0.25, 0.3) is 0 Å². The standard InChI is InChI=1S/C32H48N4O/c1-8-17-35(18-9-2)27(7)30-22-29(26(6)34-31(33)23-30)13-11-12-24(4)21-28-16-20-36(19-10-3)32(37)15-14-25(28)5/h11,13,16,20-22H,7-10,12,14-15,17-19,23H2,1-6H3,(H2,33,34)/b13-11-,20-16?,24-21+,28-25-. The van der Waals surface area contributed by atoms with Crippen LogP contribution in [-0.4, -0.2) is 41.2 Å². The molecule has 0 spiro atoms. The van der Waals surface area contributed by atoms with Crippen LogP contribution in [0.1, 0.15) is 86.5 Å². The number of hydrogen-bond acceptors (Lipinski definition) is 4. The summed E-state index contributed by atoms with van der Waals surface area (Å²) in [6, 6.07) is 0. The van der Waals surface area contributed by atoms with Crippen LogP contribution >= 0.6 is 0 Å². The third-order valence-electron chi connectivity index (χ3n) is 6.73. The van der Waals surface area contributed by atoms with Crippen molar-refractivity contribution in [2.24, 2.45) is 10.7 Å². The van der Waals surface area contributed by atoms with E-state index in [4.69, 9.17) is 5.73 Å². The van der Waals surface area contributed by atoms with Crippen molar-refractivity contribution in [2.45, 2.75) is 86.5 Å². The first-order valence-corrected chi connectivity index (χ1v) is 13.9. The van der Waals surface area contributed by atoms with Crippen LogP contribution in [0.3, 0.4) is 0 Å². The number of rotatable bonds is 12. The van der Waals surface area contributed by atoms with Gasteiger partial charge in [-0.15, -0.1) is 0 Å². The number of nitrogens with two attached hydrogens (primary N) is 1. The summed E-state index contributed by atoms with van der Waals surface area (Å²) in [5.74, 6) is 0.837. The lowest BCUT2D eigenvalue weighted by atomic mass is 9.99. The fourth-order valence-electron chi connectivity index (χ4n) is 4.62. The van der Waals surface area contributed by atoms with E-state index in [0.717, 1.165) is 74.3 Å². The Morgan fingerprint density at radius 2 is 1.84 bits per heavy atom. The molecule has 0 atom stereocenters. The predicted molar refractivity (Wildman–Crippen MR) is 159 cm³/mol. The smallest absolute Gasteiger partial charge is 0.226 e. The van der Waals surface area contributed by atoms with Crippen molar-refractivity contribution < 1.29 is 4.79 Å². The van der Waals surface area contributed by atoms with Crippen molar-refractivity contribution in [3.63, 3.8) is 0 Å². The van der Waals surface area contributed by atoms with E-state index in [1.165, 1.54) is 16.7 Å². The van der Waals surface area contributed by atoms with Crippen LogP contribution in [0.4, 0.5) is 0 Å². The van der Waals surface area contributed by atoms with Gasteiger partial charge in [-0.2, -0.15) is 0 Å². The van der Waals surface area contributed by atoms with Gasteiger partial charge in [0, 0.05) is 50.1 Å². The maximum atomic E-state index is 12.4. The van der Waals surface area contributed by atoms with Crippen LogP contribution in [-0.2, 0) is 4.79 Å². The van der Waals surface area contributed by atoms with Crippen LogP contribution in [0.15, 0.2) is 87.4 Å². The molecule has 2 aliphatic rings. The molecule has 2 heterocycles. The average Bonchev–Trinajstić information content (AvgIpc) is 3.00. The Hall–Kier alpha value is -3.08. The van der Waals surface area contributed by atoms with Crippen molar-refractivity contribution >= 4 is 11.7 Å². The van der Waals surface area contributed by atoms with E-state index >= 15 is 0 Å². The molecule has 0 aromatic heterocycles. The van der Waals surface area contributed by atoms with Crippen molar-refractivity contribution in [3.8, 4) is 0 Å². The van der Waals surface area contributed by atoms with E-state index in [0.29, 0.717) is 18.7 Å². The normalized spacial score (nSPS) is 19.6. The number of amidine groups is 1. The van der Waals surface area contributed by atoms with Gasteiger partial charge in [0.25, 0.3) is 0 Å². The lowest BCUT2D eigenvalue weighted by molar-refractivity contribution is -0.128. The van der Waals surface area contributed by atoms with E-state index in [1.807, 2.05) is 18.0 Å². The molecule has 0 aromatic carbocycles. The Balaban J connectivity index is 2.22. The second-order valence-electron chi connectivity index (χ2n) is 10.2. The highest BCUT2D eigenvalue weighted by atomic mass is 16.2. The lowest BCUT2D eigenvalue weighted by Crippen LogP contribution is -2.27. The van der Waals surface area contributed by atoms with Gasteiger partial charge >= 0.3 is 0 Å². The number of allylic oxidation sites excluding steroid dienone is 11. The minimum atomic E-state index is 0.207. The minimum absolute atomic E-state index is 0.207. The van der Waals surface area contributed by atoms with Gasteiger partial charge in [-0.05, 0) is 81.7 Å². The Morgan fingerprint density at radius 3 is 2.49 bits per heavy atom. The third-order valence-corrected chi connectivity index (χ3v) is 6.73. The SMILES string of the molecule is C=C(C1=CC(/C=C\C/C(C)=C/C2=C(/C)CCC(=O)N(CCC)C=C2)=C(C)N=C(N)C1)N(CCC)CCC. The summed E-state index contributed by atoms with van der Waals surface area (Å²) in [6.07, 6.45) is 18.8. The average molecular weight is 505 g/mol. The summed E-state index contributed by atoms with van der Waals surface area (Å²) in [7, 11) is 0. The predicted octanol–water partition coefficient (Wildman–Crippen LogP) is 7.34. The van der Waals surface area contributed by atoms with E-state index < -0.39 is 0 Å². The van der Waals surface area contributed by atoms with Gasteiger partial charge in [0.05, 0.1) is 0 Å². The van der Waals surface area contributed by atoms with Crippen molar-refractivity contribution in [1.82, 2.24) is 9.80 Å². The first-order chi connectivity index (χ1) is 17.7. The molecular weight excluding hydrogens is 456 g/mol. The van der Waals surface area contributed by atoms with Crippen LogP contribution in [0.5, 0.6) is 0 Å². The molecule has 0 unspecified atom stereocenters. The Labute approximate surface area is 225 Å². The van der Waals surface area contributed by atoms with E-state index in [-0.39, 0.29) is 5.91 Å². The zero-order chi connectivity index (χ0) is 27.4. The maximum absolute atomic E-state index is 12.4. The van der Waals surface area contributed by atoms with Gasteiger partial charge in [0.1, 0.15) is 5.84 Å². The molecule has 0 aromatic rings. The third kappa shape index (κ3) is 9.38. The van der Waals surface area contributed by atoms with Crippen molar-refractivity contribution in [1.29, 1.82) is 0 Å². The summed E-state index contributed by atoms with van der Waals surface area (Å²) in [5.41, 5.74) is 14.2. The van der Waals surface area contributed by atoms with Crippen molar-refractivity contribution in [3.05, 3.63) is 82.4 Å². The number of nitrogens with zero attached hydrogens (tertiary/aromatic N) is 3. The molecule has 0 fully saturated rings. The highest BCUT2D eigenvalue weighted by molar-refractivity contribution is 5.85. The van der Waals surface area contributed by atoms with E-state index in [9.17, 15) is 4.79 Å². The van der Waals surface area contributed by atoms with Crippen LogP contribution in [0.2, 0.25) is 0 Å². The fourth-order valence-corrected chi connectivity index (χ4v) is 4.62. The monoisotopic (exact) mass is 504 g/mol. The second-order valence-corrected chi connectivity index (χ2v) is 10.2. The molecule has 2 N–H and O–H groups in total. The summed E-state index contributed by atoms with van der Waals surface area (Å²) in [6.45, 7) is 20.0. The first kappa shape index (κ1) is 30.1. The second kappa shape index (κ2) is 15.2. The van der Waals surface area contributed by atoms with Gasteiger partial charge < -0.3 is 15.5 Å². The van der Waals surface area contributed by atoms with E-state index in [2.05, 4.69) is 81.5 Å². The number of amides is 1. The fraction of sp³-hybridized carbons (Fsp3) is 0.500. The Kier molecular flexibility index (Phi) is 12.4. The van der Waals surface area contributed by atoms with Crippen molar-refractivity contribution in [2.75, 3.05) is 19.6 Å². The summed E-state index contributed by atoms with van der Waals surface area (Å²) in [4.78, 5) is 21.2. The first-order valence-electron chi connectivity index (χ1n) is 13.9. The van der Waals surface area contributed by atoms with Gasteiger partial charge in [0.2, 0.25) is 5.91 Å². The summed E-state index contributed by atoms with van der Waals surface area (Å²) in [5, 5.41) is 0. The Bertz CT molecular complexity index is 1040. The van der Waals surface area contributed by atoms with Gasteiger partial charge in [-0.25, -0.2) is 4.99 Å². The molecule has 37 heavy (non-hydrogen) atoms. The molecule has 0 saturated heterocycles. The molecule has 5 nitrogen and oxygen atoms in total. The van der Waals surface area contributed by atoms with E-state index in [1.54, 1.807) is 0 Å². The lowest BCUT2D eigenvalue weighted by Gasteiger charge is -2.27. The molecule has 0 radical (unpaired) electrons. The maximum Gasteiger partial charge on any atom is 0.226 e. The highest BCUT2D eigenvalue weighted by Gasteiger charge is 2.16. The largest absolute Gasteiger partial charge is 0.387 e. The molecule has 202 valence electrons. The molecule has 0 saturated carbocycles. The molecule has 5 heteroatoms. The molecular formula is C32H48N4O. The highest BCUT2D eigenvalue weighted by Crippen LogP contribution is 2.26. The van der Waals surface area contributed by atoms with Gasteiger partial charge in [-0.3, -0.25) is 4.79 Å². The molecule has 0 bridgehead atoms. The summed E-state index contributed by atoms with van der Waals surface area (Å²) < 4.78 is 0.